The van der Waals surface area contributed by atoms with E-state index in [0.29, 0.717) is 23.3 Å². The number of anilines is 2. The van der Waals surface area contributed by atoms with Gasteiger partial charge in [0.2, 0.25) is 5.91 Å². The second-order valence-corrected chi connectivity index (χ2v) is 9.28. The lowest BCUT2D eigenvalue weighted by molar-refractivity contribution is -0.117. The monoisotopic (exact) mass is 435 g/mol. The number of carbonyl (C=O) groups is 1. The summed E-state index contributed by atoms with van der Waals surface area (Å²) in [7, 11) is -3.72. The first-order valence-electron chi connectivity index (χ1n) is 9.76. The van der Waals surface area contributed by atoms with Crippen LogP contribution in [0.2, 0.25) is 0 Å². The van der Waals surface area contributed by atoms with E-state index in [4.69, 9.17) is 0 Å². The van der Waals surface area contributed by atoms with Gasteiger partial charge in [0, 0.05) is 17.4 Å². The Kier molecular flexibility index (Phi) is 6.82. The molecule has 3 unspecified atom stereocenters. The number of para-hydroxylation sites is 1. The van der Waals surface area contributed by atoms with Crippen molar-refractivity contribution in [1.29, 1.82) is 0 Å². The van der Waals surface area contributed by atoms with Crippen LogP contribution in [-0.4, -0.2) is 26.4 Å². The van der Waals surface area contributed by atoms with Crippen LogP contribution in [0.15, 0.2) is 59.5 Å². The van der Waals surface area contributed by atoms with Crippen LogP contribution in [0.1, 0.15) is 32.1 Å². The largest absolute Gasteiger partial charge is 0.325 e. The highest BCUT2D eigenvalue weighted by atomic mass is 35.5. The van der Waals surface area contributed by atoms with Gasteiger partial charge in [0.05, 0.1) is 10.9 Å². The topological polar surface area (TPSA) is 87.3 Å². The van der Waals surface area contributed by atoms with Crippen LogP contribution >= 0.6 is 12.4 Å². The Balaban J connectivity index is 0.00000240. The highest BCUT2D eigenvalue weighted by molar-refractivity contribution is 7.92. The number of hydrogen-bond acceptors (Lipinski definition) is 4. The van der Waals surface area contributed by atoms with E-state index in [0.717, 1.165) is 12.8 Å². The number of halogens is 1. The highest BCUT2D eigenvalue weighted by Gasteiger charge is 2.38. The van der Waals surface area contributed by atoms with Crippen LogP contribution in [0.5, 0.6) is 0 Å². The summed E-state index contributed by atoms with van der Waals surface area (Å²) in [5, 5.41) is 6.32. The molecule has 8 heteroatoms. The van der Waals surface area contributed by atoms with Gasteiger partial charge in [0.25, 0.3) is 10.0 Å². The van der Waals surface area contributed by atoms with Gasteiger partial charge in [0.1, 0.15) is 0 Å². The van der Waals surface area contributed by atoms with Crippen LogP contribution in [0, 0.1) is 5.92 Å². The Hall–Kier alpha value is -2.09. The molecule has 3 N–H and O–H groups in total. The second-order valence-electron chi connectivity index (χ2n) is 7.59. The molecule has 3 atom stereocenters. The van der Waals surface area contributed by atoms with E-state index in [-0.39, 0.29) is 29.3 Å². The molecule has 2 aromatic rings. The zero-order valence-electron chi connectivity index (χ0n) is 16.0. The summed E-state index contributed by atoms with van der Waals surface area (Å²) in [6, 6.07) is 15.3. The molecule has 1 aliphatic carbocycles. The van der Waals surface area contributed by atoms with Crippen LogP contribution in [-0.2, 0) is 14.8 Å². The number of hydrogen-bond donors (Lipinski definition) is 3. The summed E-state index contributed by atoms with van der Waals surface area (Å²) in [6.45, 7) is 0. The Labute approximate surface area is 177 Å². The molecule has 0 radical (unpaired) electrons. The molecule has 1 heterocycles. The molecule has 2 aromatic carbocycles. The Morgan fingerprint density at radius 3 is 2.45 bits per heavy atom. The summed E-state index contributed by atoms with van der Waals surface area (Å²) < 4.78 is 27.8. The van der Waals surface area contributed by atoms with Crippen LogP contribution in [0.3, 0.4) is 0 Å². The van der Waals surface area contributed by atoms with E-state index >= 15 is 0 Å². The number of benzene rings is 2. The summed E-state index contributed by atoms with van der Waals surface area (Å²) >= 11 is 0. The van der Waals surface area contributed by atoms with Gasteiger partial charge in [-0.15, -0.1) is 12.4 Å². The van der Waals surface area contributed by atoms with Gasteiger partial charge in [-0.1, -0.05) is 37.1 Å². The molecule has 2 aliphatic rings. The van der Waals surface area contributed by atoms with Gasteiger partial charge in [0.15, 0.2) is 0 Å². The maximum atomic E-state index is 12.7. The first-order valence-corrected chi connectivity index (χ1v) is 11.2. The van der Waals surface area contributed by atoms with Gasteiger partial charge < -0.3 is 10.6 Å². The normalized spacial score (nSPS) is 23.5. The molecule has 4 rings (SSSR count). The van der Waals surface area contributed by atoms with Crippen LogP contribution in [0.25, 0.3) is 0 Å². The lowest BCUT2D eigenvalue weighted by atomic mass is 9.85. The molecule has 29 heavy (non-hydrogen) atoms. The van der Waals surface area contributed by atoms with E-state index < -0.39 is 10.0 Å². The minimum Gasteiger partial charge on any atom is -0.325 e. The molecule has 6 nitrogen and oxygen atoms in total. The number of rotatable bonds is 5. The van der Waals surface area contributed by atoms with Gasteiger partial charge in [-0.25, -0.2) is 8.42 Å². The average molecular weight is 436 g/mol. The Bertz CT molecular complexity index is 939. The molecular weight excluding hydrogens is 410 g/mol. The number of amides is 1. The maximum absolute atomic E-state index is 12.7. The molecule has 1 saturated carbocycles. The summed E-state index contributed by atoms with van der Waals surface area (Å²) in [5.74, 6) is 0.478. The Morgan fingerprint density at radius 2 is 1.69 bits per heavy atom. The first kappa shape index (κ1) is 21.6. The Morgan fingerprint density at radius 1 is 0.966 bits per heavy atom. The molecule has 0 bridgehead atoms. The average Bonchev–Trinajstić information content (AvgIpc) is 3.13. The van der Waals surface area contributed by atoms with Crippen molar-refractivity contribution >= 4 is 39.7 Å². The zero-order chi connectivity index (χ0) is 19.6. The number of carbonyl (C=O) groups excluding carboxylic acids is 1. The lowest BCUT2D eigenvalue weighted by Gasteiger charge is -2.24. The van der Waals surface area contributed by atoms with Gasteiger partial charge >= 0.3 is 0 Å². The third-order valence-corrected chi connectivity index (χ3v) is 7.00. The summed E-state index contributed by atoms with van der Waals surface area (Å²) in [5.41, 5.74) is 0.979. The summed E-state index contributed by atoms with van der Waals surface area (Å²) in [6.07, 6.45) is 5.63. The molecule has 1 aliphatic heterocycles. The van der Waals surface area contributed by atoms with Gasteiger partial charge in [-0.05, 0) is 55.5 Å². The molecule has 156 valence electrons. The fourth-order valence-electron chi connectivity index (χ4n) is 4.21. The minimum atomic E-state index is -3.72. The predicted molar refractivity (Wildman–Crippen MR) is 117 cm³/mol. The zero-order valence-corrected chi connectivity index (χ0v) is 17.6. The van der Waals surface area contributed by atoms with Crippen molar-refractivity contribution in [2.75, 3.05) is 10.0 Å². The first-order chi connectivity index (χ1) is 13.5. The van der Waals surface area contributed by atoms with Crippen LogP contribution < -0.4 is 15.4 Å². The van der Waals surface area contributed by atoms with E-state index in [9.17, 15) is 13.2 Å². The van der Waals surface area contributed by atoms with Crippen molar-refractivity contribution in [2.45, 2.75) is 49.1 Å². The smallest absolute Gasteiger partial charge is 0.261 e. The van der Waals surface area contributed by atoms with Crippen molar-refractivity contribution in [3.8, 4) is 0 Å². The van der Waals surface area contributed by atoms with Gasteiger partial charge in [-0.2, -0.15) is 0 Å². The second kappa shape index (κ2) is 9.15. The molecule has 0 spiro atoms. The van der Waals surface area contributed by atoms with Crippen molar-refractivity contribution in [3.63, 3.8) is 0 Å². The van der Waals surface area contributed by atoms with Crippen LogP contribution in [0.4, 0.5) is 11.4 Å². The quantitative estimate of drug-likeness (QED) is 0.667. The van der Waals surface area contributed by atoms with Crippen molar-refractivity contribution in [1.82, 2.24) is 5.32 Å². The number of fused-ring (bicyclic) bond motifs is 1. The SMILES string of the molecule is Cl.O=C(Nc1cccc(S(=O)(=O)Nc2ccccc2)c1)C1CC2CCCCC2N1. The maximum Gasteiger partial charge on any atom is 0.261 e. The third-order valence-electron chi connectivity index (χ3n) is 5.62. The lowest BCUT2D eigenvalue weighted by Crippen LogP contribution is -2.39. The molecular formula is C21H26ClN3O3S. The van der Waals surface area contributed by atoms with Gasteiger partial charge in [-0.3, -0.25) is 9.52 Å². The van der Waals surface area contributed by atoms with Crippen molar-refractivity contribution in [3.05, 3.63) is 54.6 Å². The van der Waals surface area contributed by atoms with E-state index in [2.05, 4.69) is 15.4 Å². The number of sulfonamides is 1. The fourth-order valence-corrected chi connectivity index (χ4v) is 5.32. The molecule has 1 saturated heterocycles. The van der Waals surface area contributed by atoms with E-state index in [1.165, 1.54) is 31.4 Å². The standard InChI is InChI=1S/C21H25N3O3S.ClH/c25-21(20-13-15-7-4-5-12-19(15)23-20)22-17-10-6-11-18(14-17)28(26,27)24-16-8-2-1-3-9-16;/h1-3,6,8-11,14-15,19-20,23-24H,4-5,7,12-13H2,(H,22,25);1H. The third kappa shape index (κ3) is 5.10. The molecule has 0 aromatic heterocycles. The molecule has 1 amide bonds. The highest BCUT2D eigenvalue weighted by Crippen LogP contribution is 2.33. The minimum absolute atomic E-state index is 0. The van der Waals surface area contributed by atoms with E-state index in [1.54, 1.807) is 36.4 Å². The number of nitrogens with one attached hydrogen (secondary N) is 3. The molecule has 2 fully saturated rings. The van der Waals surface area contributed by atoms with Crippen molar-refractivity contribution in [2.24, 2.45) is 5.92 Å². The van der Waals surface area contributed by atoms with Crippen molar-refractivity contribution < 1.29 is 13.2 Å². The predicted octanol–water partition coefficient (Wildman–Crippen LogP) is 3.77. The summed E-state index contributed by atoms with van der Waals surface area (Å²) in [4.78, 5) is 12.8. The van der Waals surface area contributed by atoms with E-state index in [1.807, 2.05) is 6.07 Å². The fraction of sp³-hybridized carbons (Fsp3) is 0.381.